The van der Waals surface area contributed by atoms with Gasteiger partial charge in [-0.15, -0.1) is 0 Å². The fourth-order valence-corrected chi connectivity index (χ4v) is 1.14. The predicted octanol–water partition coefficient (Wildman–Crippen LogP) is 0.839. The van der Waals surface area contributed by atoms with Crippen LogP contribution in [0.2, 0.25) is 0 Å². The smallest absolute Gasteiger partial charge is 0.149 e. The normalized spacial score (nSPS) is 42.1. The van der Waals surface area contributed by atoms with Crippen LogP contribution in [-0.2, 0) is 9.53 Å². The molecular weight excluding hydrogens is 128 g/mol. The standard InChI is InChI=1S/C8H8O2/c1-8-3-2-6(5-9)4-7(8)10-8/h2-5,7H,1H3. The lowest BCUT2D eigenvalue weighted by atomic mass is 9.99. The van der Waals surface area contributed by atoms with Gasteiger partial charge in [-0.25, -0.2) is 0 Å². The van der Waals surface area contributed by atoms with Gasteiger partial charge in [0, 0.05) is 5.57 Å². The molecule has 0 aromatic heterocycles. The van der Waals surface area contributed by atoms with Crippen molar-refractivity contribution < 1.29 is 9.53 Å². The topological polar surface area (TPSA) is 29.6 Å². The van der Waals surface area contributed by atoms with Gasteiger partial charge in [-0.05, 0) is 19.1 Å². The molecule has 1 heterocycles. The molecule has 0 aromatic rings. The van der Waals surface area contributed by atoms with Crippen molar-refractivity contribution in [2.75, 3.05) is 0 Å². The second kappa shape index (κ2) is 1.58. The number of allylic oxidation sites excluding steroid dienone is 2. The number of ether oxygens (including phenoxy) is 1. The lowest BCUT2D eigenvalue weighted by Gasteiger charge is -2.00. The first-order valence-corrected chi connectivity index (χ1v) is 3.29. The van der Waals surface area contributed by atoms with Crippen LogP contribution < -0.4 is 0 Å². The molecule has 2 atom stereocenters. The number of aldehydes is 1. The minimum atomic E-state index is -0.0908. The molecule has 0 spiro atoms. The van der Waals surface area contributed by atoms with Crippen LogP contribution >= 0.6 is 0 Å². The van der Waals surface area contributed by atoms with Gasteiger partial charge in [-0.1, -0.05) is 6.08 Å². The number of hydrogen-bond acceptors (Lipinski definition) is 2. The van der Waals surface area contributed by atoms with Gasteiger partial charge in [0.05, 0.1) is 0 Å². The van der Waals surface area contributed by atoms with Gasteiger partial charge in [-0.3, -0.25) is 4.79 Å². The number of carbonyl (C=O) groups excluding carboxylic acids is 1. The van der Waals surface area contributed by atoms with E-state index in [1.54, 1.807) is 6.08 Å². The summed E-state index contributed by atoms with van der Waals surface area (Å²) in [7, 11) is 0. The molecule has 2 aliphatic rings. The van der Waals surface area contributed by atoms with Gasteiger partial charge >= 0.3 is 0 Å². The van der Waals surface area contributed by atoms with Crippen LogP contribution in [0.4, 0.5) is 0 Å². The molecule has 0 radical (unpaired) electrons. The highest BCUT2D eigenvalue weighted by atomic mass is 16.6. The monoisotopic (exact) mass is 136 g/mol. The Morgan fingerprint density at radius 1 is 1.80 bits per heavy atom. The summed E-state index contributed by atoms with van der Waals surface area (Å²) in [5.41, 5.74) is 0.631. The lowest BCUT2D eigenvalue weighted by Crippen LogP contribution is -2.07. The molecule has 10 heavy (non-hydrogen) atoms. The number of carbonyl (C=O) groups is 1. The Balaban J connectivity index is 2.27. The average molecular weight is 136 g/mol. The molecule has 0 aromatic carbocycles. The molecule has 2 nitrogen and oxygen atoms in total. The van der Waals surface area contributed by atoms with E-state index in [2.05, 4.69) is 0 Å². The van der Waals surface area contributed by atoms with Gasteiger partial charge < -0.3 is 4.74 Å². The molecule has 1 aliphatic carbocycles. The van der Waals surface area contributed by atoms with Crippen LogP contribution in [-0.4, -0.2) is 18.0 Å². The zero-order chi connectivity index (χ0) is 7.19. The predicted molar refractivity (Wildman–Crippen MR) is 36.6 cm³/mol. The summed E-state index contributed by atoms with van der Waals surface area (Å²) in [6.07, 6.45) is 6.58. The Hall–Kier alpha value is -0.890. The molecule has 2 heteroatoms. The van der Waals surface area contributed by atoms with Gasteiger partial charge in [0.1, 0.15) is 18.0 Å². The number of epoxide rings is 1. The van der Waals surface area contributed by atoms with Crippen LogP contribution in [0.1, 0.15) is 6.92 Å². The quantitative estimate of drug-likeness (QED) is 0.395. The van der Waals surface area contributed by atoms with Gasteiger partial charge in [-0.2, -0.15) is 0 Å². The van der Waals surface area contributed by atoms with Crippen LogP contribution in [0.25, 0.3) is 0 Å². The third kappa shape index (κ3) is 0.656. The maximum atomic E-state index is 10.3. The van der Waals surface area contributed by atoms with Crippen molar-refractivity contribution in [1.29, 1.82) is 0 Å². The zero-order valence-electron chi connectivity index (χ0n) is 5.70. The Morgan fingerprint density at radius 3 is 3.20 bits per heavy atom. The molecule has 0 N–H and O–H groups in total. The SMILES string of the molecule is CC12C=CC(C=O)=CC1O2. The van der Waals surface area contributed by atoms with Crippen LogP contribution in [0.5, 0.6) is 0 Å². The molecule has 1 aliphatic heterocycles. The first-order chi connectivity index (χ1) is 4.74. The Morgan fingerprint density at radius 2 is 2.60 bits per heavy atom. The van der Waals surface area contributed by atoms with Crippen molar-refractivity contribution in [3.63, 3.8) is 0 Å². The minimum absolute atomic E-state index is 0.0908. The Labute approximate surface area is 59.2 Å². The van der Waals surface area contributed by atoms with E-state index in [1.165, 1.54) is 0 Å². The van der Waals surface area contributed by atoms with Gasteiger partial charge in [0.15, 0.2) is 0 Å². The minimum Gasteiger partial charge on any atom is -0.357 e. The largest absolute Gasteiger partial charge is 0.357 e. The van der Waals surface area contributed by atoms with E-state index >= 15 is 0 Å². The molecule has 2 unspecified atom stereocenters. The zero-order valence-corrected chi connectivity index (χ0v) is 5.70. The number of hydrogen-bond donors (Lipinski definition) is 0. The molecule has 0 amide bonds. The summed E-state index contributed by atoms with van der Waals surface area (Å²) < 4.78 is 5.28. The summed E-state index contributed by atoms with van der Waals surface area (Å²) in [6, 6.07) is 0. The van der Waals surface area contributed by atoms with E-state index in [9.17, 15) is 4.79 Å². The van der Waals surface area contributed by atoms with Crippen molar-refractivity contribution in [3.8, 4) is 0 Å². The van der Waals surface area contributed by atoms with Crippen molar-refractivity contribution in [2.24, 2.45) is 0 Å². The fraction of sp³-hybridized carbons (Fsp3) is 0.375. The summed E-state index contributed by atoms with van der Waals surface area (Å²) >= 11 is 0. The molecule has 0 bridgehead atoms. The molecule has 1 saturated heterocycles. The molecule has 2 rings (SSSR count). The van der Waals surface area contributed by atoms with Crippen molar-refractivity contribution >= 4 is 6.29 Å². The van der Waals surface area contributed by atoms with Crippen molar-refractivity contribution in [3.05, 3.63) is 23.8 Å². The first kappa shape index (κ1) is 5.86. The number of rotatable bonds is 1. The Bertz CT molecular complexity index is 240. The average Bonchev–Trinajstić information content (AvgIpc) is 2.59. The number of fused-ring (bicyclic) bond motifs is 1. The van der Waals surface area contributed by atoms with E-state index in [0.717, 1.165) is 11.9 Å². The lowest BCUT2D eigenvalue weighted by molar-refractivity contribution is -0.104. The third-order valence-electron chi connectivity index (χ3n) is 1.98. The van der Waals surface area contributed by atoms with Crippen molar-refractivity contribution in [2.45, 2.75) is 18.6 Å². The van der Waals surface area contributed by atoms with E-state index < -0.39 is 0 Å². The summed E-state index contributed by atoms with van der Waals surface area (Å²) in [5, 5.41) is 0. The van der Waals surface area contributed by atoms with Crippen LogP contribution in [0.3, 0.4) is 0 Å². The second-order valence-electron chi connectivity index (χ2n) is 2.84. The highest BCUT2D eigenvalue weighted by Crippen LogP contribution is 2.41. The Kier molecular flexibility index (Phi) is 0.926. The third-order valence-corrected chi connectivity index (χ3v) is 1.98. The fourth-order valence-electron chi connectivity index (χ4n) is 1.14. The van der Waals surface area contributed by atoms with Crippen LogP contribution in [0, 0.1) is 0 Å². The maximum absolute atomic E-state index is 10.3. The van der Waals surface area contributed by atoms with Crippen molar-refractivity contribution in [1.82, 2.24) is 0 Å². The van der Waals surface area contributed by atoms with Gasteiger partial charge in [0.2, 0.25) is 0 Å². The molecule has 52 valence electrons. The first-order valence-electron chi connectivity index (χ1n) is 3.29. The maximum Gasteiger partial charge on any atom is 0.149 e. The molecular formula is C8H8O2. The summed E-state index contributed by atoms with van der Waals surface area (Å²) in [6.45, 7) is 2.01. The van der Waals surface area contributed by atoms with E-state index in [4.69, 9.17) is 4.74 Å². The molecule has 0 saturated carbocycles. The van der Waals surface area contributed by atoms with E-state index in [0.29, 0.717) is 0 Å². The highest BCUT2D eigenvalue weighted by Gasteiger charge is 2.50. The second-order valence-corrected chi connectivity index (χ2v) is 2.84. The highest BCUT2D eigenvalue weighted by molar-refractivity contribution is 5.78. The molecule has 1 fully saturated rings. The summed E-state index contributed by atoms with van der Waals surface area (Å²) in [5.74, 6) is 0. The van der Waals surface area contributed by atoms with E-state index in [-0.39, 0.29) is 11.7 Å². The van der Waals surface area contributed by atoms with Gasteiger partial charge in [0.25, 0.3) is 0 Å². The van der Waals surface area contributed by atoms with E-state index in [1.807, 2.05) is 19.1 Å². The summed E-state index contributed by atoms with van der Waals surface area (Å²) in [4.78, 5) is 10.3. The van der Waals surface area contributed by atoms with Crippen LogP contribution in [0.15, 0.2) is 23.8 Å².